The van der Waals surface area contributed by atoms with E-state index in [-0.39, 0.29) is 18.4 Å². The minimum atomic E-state index is -0.758. The third-order valence-electron chi connectivity index (χ3n) is 6.26. The van der Waals surface area contributed by atoms with Crippen LogP contribution in [0.15, 0.2) is 72.8 Å². The van der Waals surface area contributed by atoms with Crippen molar-refractivity contribution < 1.29 is 19.2 Å². The molecule has 0 saturated heterocycles. The van der Waals surface area contributed by atoms with Crippen LogP contribution in [0.4, 0.5) is 4.79 Å². The SMILES string of the molecule is O=C(NOC(=O)C1CCc2ccccc2C1)OCC1c2ccccc2-c2ccccc21. The molecule has 0 fully saturated rings. The van der Waals surface area contributed by atoms with Gasteiger partial charge in [0.05, 0.1) is 5.92 Å². The van der Waals surface area contributed by atoms with Gasteiger partial charge in [-0.2, -0.15) is 0 Å². The summed E-state index contributed by atoms with van der Waals surface area (Å²) >= 11 is 0. The van der Waals surface area contributed by atoms with Crippen molar-refractivity contribution in [3.05, 3.63) is 95.1 Å². The van der Waals surface area contributed by atoms with Gasteiger partial charge in [0.25, 0.3) is 0 Å². The number of hydrogen-bond donors (Lipinski definition) is 1. The molecular weight excluding hydrogens is 390 g/mol. The Hall–Kier alpha value is -3.60. The number of carbonyl (C=O) groups is 2. The first-order chi connectivity index (χ1) is 15.2. The molecule has 1 amide bonds. The topological polar surface area (TPSA) is 64.6 Å². The highest BCUT2D eigenvalue weighted by atomic mass is 16.7. The number of aryl methyl sites for hydroxylation is 1. The standard InChI is InChI=1S/C26H23NO4/c28-25(19-14-13-17-7-1-2-8-18(17)15-19)31-27-26(29)30-16-24-22-11-5-3-9-20(22)21-10-4-6-12-23(21)24/h1-12,19,24H,13-16H2,(H,27,29). The van der Waals surface area contributed by atoms with E-state index in [2.05, 4.69) is 35.8 Å². The number of ether oxygens (including phenoxy) is 1. The Morgan fingerprint density at radius 3 is 2.16 bits per heavy atom. The van der Waals surface area contributed by atoms with E-state index in [0.717, 1.165) is 34.2 Å². The van der Waals surface area contributed by atoms with Crippen molar-refractivity contribution in [1.82, 2.24) is 5.48 Å². The molecule has 0 aromatic heterocycles. The Bertz CT molecular complexity index is 1090. The molecule has 31 heavy (non-hydrogen) atoms. The summed E-state index contributed by atoms with van der Waals surface area (Å²) in [5.74, 6) is -0.726. The molecule has 2 aliphatic rings. The number of carbonyl (C=O) groups excluding carboxylic acids is 2. The van der Waals surface area contributed by atoms with Crippen molar-refractivity contribution in [1.29, 1.82) is 0 Å². The zero-order valence-electron chi connectivity index (χ0n) is 17.0. The Morgan fingerprint density at radius 2 is 1.45 bits per heavy atom. The van der Waals surface area contributed by atoms with Crippen LogP contribution in [0, 0.1) is 5.92 Å². The largest absolute Gasteiger partial charge is 0.446 e. The molecule has 0 spiro atoms. The summed E-state index contributed by atoms with van der Waals surface area (Å²) in [6.07, 6.45) is 1.41. The van der Waals surface area contributed by atoms with E-state index in [4.69, 9.17) is 9.57 Å². The maximum Gasteiger partial charge on any atom is 0.440 e. The number of hydrogen-bond acceptors (Lipinski definition) is 4. The van der Waals surface area contributed by atoms with E-state index in [1.807, 2.05) is 42.5 Å². The molecule has 0 radical (unpaired) electrons. The van der Waals surface area contributed by atoms with Crippen molar-refractivity contribution in [3.63, 3.8) is 0 Å². The van der Waals surface area contributed by atoms with Gasteiger partial charge in [-0.05, 0) is 52.6 Å². The molecule has 3 aromatic carbocycles. The van der Waals surface area contributed by atoms with Crippen LogP contribution in [0.2, 0.25) is 0 Å². The molecule has 1 unspecified atom stereocenters. The van der Waals surface area contributed by atoms with E-state index in [1.54, 1.807) is 0 Å². The Kier molecular flexibility index (Phi) is 5.16. The van der Waals surface area contributed by atoms with Crippen LogP contribution in [-0.2, 0) is 27.2 Å². The van der Waals surface area contributed by atoms with Crippen LogP contribution >= 0.6 is 0 Å². The molecular formula is C26H23NO4. The quantitative estimate of drug-likeness (QED) is 0.627. The average molecular weight is 413 g/mol. The fraction of sp³-hybridized carbons (Fsp3) is 0.231. The van der Waals surface area contributed by atoms with Gasteiger partial charge in [0.15, 0.2) is 0 Å². The van der Waals surface area contributed by atoms with Crippen molar-refractivity contribution in [2.24, 2.45) is 5.92 Å². The predicted octanol–water partition coefficient (Wildman–Crippen LogP) is 4.79. The van der Waals surface area contributed by atoms with Gasteiger partial charge in [0.2, 0.25) is 0 Å². The Labute approximate surface area is 181 Å². The highest BCUT2D eigenvalue weighted by Gasteiger charge is 2.30. The molecule has 2 aliphatic carbocycles. The van der Waals surface area contributed by atoms with Crippen LogP contribution in [-0.4, -0.2) is 18.7 Å². The highest BCUT2D eigenvalue weighted by Crippen LogP contribution is 2.44. The summed E-state index contributed by atoms with van der Waals surface area (Å²) in [6.45, 7) is 0.175. The molecule has 0 heterocycles. The first-order valence-corrected chi connectivity index (χ1v) is 10.6. The third kappa shape index (κ3) is 3.79. The van der Waals surface area contributed by atoms with Gasteiger partial charge >= 0.3 is 12.1 Å². The lowest BCUT2D eigenvalue weighted by Gasteiger charge is -2.22. The van der Waals surface area contributed by atoms with Crippen LogP contribution in [0.3, 0.4) is 0 Å². The maximum atomic E-state index is 12.4. The Balaban J connectivity index is 1.17. The van der Waals surface area contributed by atoms with Crippen LogP contribution in [0.1, 0.15) is 34.6 Å². The lowest BCUT2D eigenvalue weighted by molar-refractivity contribution is -0.155. The van der Waals surface area contributed by atoms with Crippen molar-refractivity contribution in [2.45, 2.75) is 25.2 Å². The number of nitrogens with one attached hydrogen (secondary N) is 1. The number of hydroxylamine groups is 1. The zero-order valence-corrected chi connectivity index (χ0v) is 17.0. The number of benzene rings is 3. The second-order valence-corrected chi connectivity index (χ2v) is 8.06. The van der Waals surface area contributed by atoms with Gasteiger partial charge in [0.1, 0.15) is 6.61 Å². The fourth-order valence-corrected chi connectivity index (χ4v) is 4.70. The molecule has 5 heteroatoms. The summed E-state index contributed by atoms with van der Waals surface area (Å²) in [5.41, 5.74) is 9.20. The monoisotopic (exact) mass is 413 g/mol. The summed E-state index contributed by atoms with van der Waals surface area (Å²) < 4.78 is 5.41. The minimum absolute atomic E-state index is 0.0382. The molecule has 156 valence electrons. The summed E-state index contributed by atoms with van der Waals surface area (Å²) in [4.78, 5) is 29.7. The van der Waals surface area contributed by atoms with Gasteiger partial charge in [-0.15, -0.1) is 5.48 Å². The first kappa shape index (κ1) is 19.4. The normalized spacial score (nSPS) is 16.6. The van der Waals surface area contributed by atoms with Crippen molar-refractivity contribution in [3.8, 4) is 11.1 Å². The van der Waals surface area contributed by atoms with Crippen molar-refractivity contribution in [2.75, 3.05) is 6.61 Å². The lowest BCUT2D eigenvalue weighted by atomic mass is 9.84. The van der Waals surface area contributed by atoms with Crippen molar-refractivity contribution >= 4 is 12.1 Å². The summed E-state index contributed by atoms with van der Waals surface area (Å²) in [6, 6.07) is 24.4. The van der Waals surface area contributed by atoms with Crippen LogP contribution < -0.4 is 5.48 Å². The van der Waals surface area contributed by atoms with Gasteiger partial charge < -0.3 is 9.57 Å². The van der Waals surface area contributed by atoms with E-state index >= 15 is 0 Å². The number of fused-ring (bicyclic) bond motifs is 4. The molecule has 0 saturated carbocycles. The zero-order chi connectivity index (χ0) is 21.2. The molecule has 5 nitrogen and oxygen atoms in total. The van der Waals surface area contributed by atoms with E-state index < -0.39 is 12.1 Å². The minimum Gasteiger partial charge on any atom is -0.446 e. The molecule has 0 aliphatic heterocycles. The van der Waals surface area contributed by atoms with E-state index in [0.29, 0.717) is 12.8 Å². The van der Waals surface area contributed by atoms with Crippen LogP contribution in [0.25, 0.3) is 11.1 Å². The second kappa shape index (κ2) is 8.26. The smallest absolute Gasteiger partial charge is 0.440 e. The van der Waals surface area contributed by atoms with E-state index in [9.17, 15) is 9.59 Å². The number of amides is 1. The van der Waals surface area contributed by atoms with Gasteiger partial charge in [-0.1, -0.05) is 72.8 Å². The first-order valence-electron chi connectivity index (χ1n) is 10.6. The van der Waals surface area contributed by atoms with E-state index in [1.165, 1.54) is 5.56 Å². The van der Waals surface area contributed by atoms with Gasteiger partial charge in [0, 0.05) is 5.92 Å². The van der Waals surface area contributed by atoms with Gasteiger partial charge in [-0.25, -0.2) is 9.59 Å². The highest BCUT2D eigenvalue weighted by molar-refractivity contribution is 5.79. The lowest BCUT2D eigenvalue weighted by Crippen LogP contribution is -2.33. The Morgan fingerprint density at radius 1 is 0.839 bits per heavy atom. The second-order valence-electron chi connectivity index (χ2n) is 8.06. The molecule has 1 atom stereocenters. The summed E-state index contributed by atoms with van der Waals surface area (Å²) in [7, 11) is 0. The molecule has 1 N–H and O–H groups in total. The molecule has 3 aromatic rings. The predicted molar refractivity (Wildman–Crippen MR) is 116 cm³/mol. The number of rotatable bonds is 3. The third-order valence-corrected chi connectivity index (χ3v) is 6.26. The summed E-state index contributed by atoms with van der Waals surface area (Å²) in [5, 5.41) is 0. The molecule has 5 rings (SSSR count). The average Bonchev–Trinajstić information content (AvgIpc) is 3.14. The fourth-order valence-electron chi connectivity index (χ4n) is 4.70. The van der Waals surface area contributed by atoms with Gasteiger partial charge in [-0.3, -0.25) is 0 Å². The maximum absolute atomic E-state index is 12.4. The van der Waals surface area contributed by atoms with Crippen LogP contribution in [0.5, 0.6) is 0 Å². The molecule has 0 bridgehead atoms.